The van der Waals surface area contributed by atoms with Crippen LogP contribution in [0.5, 0.6) is 0 Å². The van der Waals surface area contributed by atoms with Crippen LogP contribution in [-0.2, 0) is 0 Å². The van der Waals surface area contributed by atoms with Crippen LogP contribution in [0.2, 0.25) is 5.02 Å². The van der Waals surface area contributed by atoms with Crippen molar-refractivity contribution in [3.05, 3.63) is 64.6 Å². The van der Waals surface area contributed by atoms with Gasteiger partial charge in [-0.15, -0.1) is 10.2 Å². The largest absolute Gasteiger partial charge is 0.449 e. The molecule has 0 aliphatic carbocycles. The number of aryl methyl sites for hydroxylation is 2. The van der Waals surface area contributed by atoms with E-state index in [9.17, 15) is 4.79 Å². The van der Waals surface area contributed by atoms with Gasteiger partial charge in [0.25, 0.3) is 5.91 Å². The quantitative estimate of drug-likeness (QED) is 0.435. The number of carbonyl (C=O) groups excluding carboxylic acids is 1. The summed E-state index contributed by atoms with van der Waals surface area (Å²) in [5.74, 6) is 0.639. The summed E-state index contributed by atoms with van der Waals surface area (Å²) in [7, 11) is 0. The molecule has 3 aromatic heterocycles. The topological polar surface area (TPSA) is 85.3 Å². The van der Waals surface area contributed by atoms with E-state index in [1.165, 1.54) is 11.3 Å². The Hall–Kier alpha value is -3.23. The number of fused-ring (bicyclic) bond motifs is 2. The predicted molar refractivity (Wildman–Crippen MR) is 113 cm³/mol. The van der Waals surface area contributed by atoms with Crippen LogP contribution >= 0.6 is 22.9 Å². The molecule has 0 bridgehead atoms. The van der Waals surface area contributed by atoms with Crippen molar-refractivity contribution in [2.75, 3.05) is 5.32 Å². The number of hydrogen-bond acceptors (Lipinski definition) is 6. The van der Waals surface area contributed by atoms with Crippen molar-refractivity contribution in [2.45, 2.75) is 13.8 Å². The fourth-order valence-corrected chi connectivity index (χ4v) is 4.27. The second-order valence-corrected chi connectivity index (χ2v) is 7.92. The molecule has 1 amide bonds. The van der Waals surface area contributed by atoms with Gasteiger partial charge in [0.15, 0.2) is 17.2 Å². The normalized spacial score (nSPS) is 11.4. The van der Waals surface area contributed by atoms with Gasteiger partial charge in [-0.3, -0.25) is 4.79 Å². The van der Waals surface area contributed by atoms with Gasteiger partial charge in [0.1, 0.15) is 5.01 Å². The van der Waals surface area contributed by atoms with Gasteiger partial charge >= 0.3 is 0 Å². The first-order chi connectivity index (χ1) is 14.0. The smallest absolute Gasteiger partial charge is 0.291 e. The van der Waals surface area contributed by atoms with E-state index < -0.39 is 0 Å². The molecule has 0 radical (unpaired) electrons. The third-order valence-electron chi connectivity index (χ3n) is 4.64. The summed E-state index contributed by atoms with van der Waals surface area (Å²) in [4.78, 5) is 13.5. The lowest BCUT2D eigenvalue weighted by Gasteiger charge is -2.05. The highest BCUT2D eigenvalue weighted by Gasteiger charge is 2.19. The van der Waals surface area contributed by atoms with Crippen LogP contribution in [0, 0.1) is 13.8 Å². The molecule has 5 aromatic rings. The first-order valence-corrected chi connectivity index (χ1v) is 9.99. The first-order valence-electron chi connectivity index (χ1n) is 8.79. The zero-order valence-electron chi connectivity index (χ0n) is 15.4. The second kappa shape index (κ2) is 6.68. The molecule has 0 spiro atoms. The van der Waals surface area contributed by atoms with Crippen LogP contribution in [0.3, 0.4) is 0 Å². The maximum Gasteiger partial charge on any atom is 0.291 e. The van der Waals surface area contributed by atoms with Gasteiger partial charge in [-0.2, -0.15) is 9.61 Å². The number of halogens is 1. The minimum absolute atomic E-state index is 0.243. The number of para-hydroxylation sites is 1. The average molecular weight is 424 g/mol. The van der Waals surface area contributed by atoms with Crippen LogP contribution in [0.25, 0.3) is 26.5 Å². The number of carbonyl (C=O) groups is 1. The van der Waals surface area contributed by atoms with Crippen LogP contribution in [0.4, 0.5) is 5.69 Å². The van der Waals surface area contributed by atoms with E-state index in [1.54, 1.807) is 10.6 Å². The Bertz CT molecular complexity index is 1400. The van der Waals surface area contributed by atoms with Gasteiger partial charge in [-0.05, 0) is 32.0 Å². The van der Waals surface area contributed by atoms with E-state index in [1.807, 2.05) is 50.2 Å². The second-order valence-electron chi connectivity index (χ2n) is 6.56. The van der Waals surface area contributed by atoms with Crippen LogP contribution < -0.4 is 5.32 Å². The highest BCUT2D eigenvalue weighted by atomic mass is 35.5. The summed E-state index contributed by atoms with van der Waals surface area (Å²) in [6, 6.07) is 12.9. The molecule has 1 N–H and O–H groups in total. The lowest BCUT2D eigenvalue weighted by Crippen LogP contribution is -2.12. The monoisotopic (exact) mass is 423 g/mol. The number of benzene rings is 2. The van der Waals surface area contributed by atoms with E-state index in [4.69, 9.17) is 16.0 Å². The molecule has 0 saturated heterocycles. The molecule has 0 fully saturated rings. The average Bonchev–Trinajstić information content (AvgIpc) is 3.38. The van der Waals surface area contributed by atoms with E-state index in [-0.39, 0.29) is 11.7 Å². The molecule has 0 saturated carbocycles. The number of nitrogens with one attached hydrogen (secondary N) is 1. The van der Waals surface area contributed by atoms with Crippen LogP contribution in [0.15, 0.2) is 46.9 Å². The molecule has 7 nitrogen and oxygen atoms in total. The third-order valence-corrected chi connectivity index (χ3v) is 5.88. The summed E-state index contributed by atoms with van der Waals surface area (Å²) in [5.41, 5.74) is 2.78. The SMILES string of the molecule is Cc1c(C(=O)Nc2cccc(-c3nn4c(C)nnc4s3)c2)oc2c(Cl)cccc12. The van der Waals surface area contributed by atoms with Crippen molar-refractivity contribution in [3.8, 4) is 10.6 Å². The molecule has 29 heavy (non-hydrogen) atoms. The molecule has 0 aliphatic heterocycles. The summed E-state index contributed by atoms with van der Waals surface area (Å²) in [6.45, 7) is 3.69. The van der Waals surface area contributed by atoms with Crippen LogP contribution in [0.1, 0.15) is 21.9 Å². The number of nitrogens with zero attached hydrogens (tertiary/aromatic N) is 4. The van der Waals surface area contributed by atoms with Gasteiger partial charge in [-0.25, -0.2) is 0 Å². The standard InChI is InChI=1S/C20H14ClN5O2S/c1-10-14-7-4-8-15(21)17(14)28-16(10)18(27)22-13-6-3-5-12(9-13)19-25-26-11(2)23-24-20(26)29-19/h3-9H,1-2H3,(H,22,27). The Morgan fingerprint density at radius 3 is 2.79 bits per heavy atom. The summed E-state index contributed by atoms with van der Waals surface area (Å²) < 4.78 is 7.45. The van der Waals surface area contributed by atoms with Gasteiger partial charge < -0.3 is 9.73 Å². The van der Waals surface area contributed by atoms with E-state index in [0.717, 1.165) is 32.3 Å². The minimum atomic E-state index is -0.332. The van der Waals surface area contributed by atoms with Gasteiger partial charge in [-0.1, -0.05) is 47.2 Å². The Morgan fingerprint density at radius 2 is 2.00 bits per heavy atom. The Labute approximate surface area is 173 Å². The number of hydrogen-bond donors (Lipinski definition) is 1. The number of aromatic nitrogens is 4. The zero-order chi connectivity index (χ0) is 20.1. The van der Waals surface area contributed by atoms with Crippen molar-refractivity contribution >= 4 is 50.5 Å². The molecule has 144 valence electrons. The van der Waals surface area contributed by atoms with Gasteiger partial charge in [0.05, 0.1) is 5.02 Å². The van der Waals surface area contributed by atoms with Crippen LogP contribution in [-0.4, -0.2) is 25.7 Å². The van der Waals surface area contributed by atoms with Crippen molar-refractivity contribution < 1.29 is 9.21 Å². The molecule has 0 unspecified atom stereocenters. The molecular formula is C20H14ClN5O2S. The zero-order valence-corrected chi connectivity index (χ0v) is 17.0. The third kappa shape index (κ3) is 2.97. The van der Waals surface area contributed by atoms with Crippen molar-refractivity contribution in [1.82, 2.24) is 19.8 Å². The Balaban J connectivity index is 1.46. The fraction of sp³-hybridized carbons (Fsp3) is 0.100. The molecule has 2 aromatic carbocycles. The summed E-state index contributed by atoms with van der Waals surface area (Å²) in [5, 5.41) is 17.6. The van der Waals surface area contributed by atoms with Crippen molar-refractivity contribution in [2.24, 2.45) is 0 Å². The van der Waals surface area contributed by atoms with E-state index in [2.05, 4.69) is 20.6 Å². The number of furan rings is 1. The maximum atomic E-state index is 12.8. The molecule has 0 atom stereocenters. The first kappa shape index (κ1) is 17.8. The van der Waals surface area contributed by atoms with Crippen molar-refractivity contribution in [3.63, 3.8) is 0 Å². The van der Waals surface area contributed by atoms with E-state index in [0.29, 0.717) is 16.3 Å². The highest BCUT2D eigenvalue weighted by Crippen LogP contribution is 2.32. The Morgan fingerprint density at radius 1 is 1.17 bits per heavy atom. The number of rotatable bonds is 3. The number of anilines is 1. The lowest BCUT2D eigenvalue weighted by molar-refractivity contribution is 0.0998. The predicted octanol–water partition coefficient (Wildman–Crippen LogP) is 5.12. The van der Waals surface area contributed by atoms with Gasteiger partial charge in [0, 0.05) is 22.2 Å². The molecule has 0 aliphatic rings. The highest BCUT2D eigenvalue weighted by molar-refractivity contribution is 7.19. The molecule has 3 heterocycles. The molecular weight excluding hydrogens is 410 g/mol. The van der Waals surface area contributed by atoms with Crippen molar-refractivity contribution in [1.29, 1.82) is 0 Å². The van der Waals surface area contributed by atoms with E-state index >= 15 is 0 Å². The summed E-state index contributed by atoms with van der Waals surface area (Å²) >= 11 is 7.62. The molecule has 9 heteroatoms. The number of amides is 1. The summed E-state index contributed by atoms with van der Waals surface area (Å²) in [6.07, 6.45) is 0. The molecule has 5 rings (SSSR count). The lowest BCUT2D eigenvalue weighted by atomic mass is 10.1. The minimum Gasteiger partial charge on any atom is -0.449 e. The fourth-order valence-electron chi connectivity index (χ4n) is 3.17. The van der Waals surface area contributed by atoms with Gasteiger partial charge in [0.2, 0.25) is 4.96 Å². The Kier molecular flexibility index (Phi) is 4.11. The maximum absolute atomic E-state index is 12.8.